The highest BCUT2D eigenvalue weighted by atomic mass is 19.3. The average molecular weight is 221 g/mol. The molecule has 0 saturated carbocycles. The van der Waals surface area contributed by atoms with Crippen LogP contribution in [0.1, 0.15) is 17.6 Å². The van der Waals surface area contributed by atoms with Gasteiger partial charge < -0.3 is 10.1 Å². The molecule has 0 aliphatic carbocycles. The van der Waals surface area contributed by atoms with Crippen LogP contribution in [-0.2, 0) is 11.2 Å². The molecule has 0 saturated heterocycles. The smallest absolute Gasteiger partial charge is 0.308 e. The van der Waals surface area contributed by atoms with Crippen molar-refractivity contribution in [1.29, 1.82) is 0 Å². The highest BCUT2D eigenvalue weighted by Gasteiger charge is 2.20. The Bertz CT molecular complexity index is 441. The van der Waals surface area contributed by atoms with Crippen LogP contribution in [0.2, 0.25) is 0 Å². The second-order valence-corrected chi connectivity index (χ2v) is 2.74. The molecule has 1 aromatic heterocycles. The third kappa shape index (κ3) is 2.36. The van der Waals surface area contributed by atoms with E-state index in [0.717, 1.165) is 0 Å². The summed E-state index contributed by atoms with van der Waals surface area (Å²) in [5.74, 6) is -2.93. The van der Waals surface area contributed by atoms with E-state index in [1.54, 1.807) is 0 Å². The molecular formula is C8H6F3NO3. The minimum atomic E-state index is -3.10. The van der Waals surface area contributed by atoms with Gasteiger partial charge in [-0.05, 0) is 0 Å². The SMILES string of the molecule is O=C(O)Cc1c(F)c(C(F)F)c[nH]c1=O. The summed E-state index contributed by atoms with van der Waals surface area (Å²) in [6.45, 7) is 0. The van der Waals surface area contributed by atoms with Crippen molar-refractivity contribution in [3.63, 3.8) is 0 Å². The predicted molar refractivity (Wildman–Crippen MR) is 43.3 cm³/mol. The lowest BCUT2D eigenvalue weighted by Crippen LogP contribution is -2.20. The van der Waals surface area contributed by atoms with Gasteiger partial charge in [-0.25, -0.2) is 13.2 Å². The van der Waals surface area contributed by atoms with Crippen molar-refractivity contribution in [2.75, 3.05) is 0 Å². The van der Waals surface area contributed by atoms with Gasteiger partial charge in [-0.2, -0.15) is 0 Å². The van der Waals surface area contributed by atoms with E-state index in [1.165, 1.54) is 0 Å². The van der Waals surface area contributed by atoms with E-state index in [2.05, 4.69) is 0 Å². The molecule has 0 spiro atoms. The topological polar surface area (TPSA) is 70.2 Å². The number of nitrogens with one attached hydrogen (secondary N) is 1. The predicted octanol–water partition coefficient (Wildman–Crippen LogP) is 1.08. The molecule has 0 atom stereocenters. The minimum absolute atomic E-state index is 0.535. The van der Waals surface area contributed by atoms with Crippen LogP contribution in [0.15, 0.2) is 11.0 Å². The second-order valence-electron chi connectivity index (χ2n) is 2.74. The van der Waals surface area contributed by atoms with Crippen LogP contribution in [0.5, 0.6) is 0 Å². The van der Waals surface area contributed by atoms with Crippen molar-refractivity contribution in [2.24, 2.45) is 0 Å². The Labute approximate surface area is 81.4 Å². The lowest BCUT2D eigenvalue weighted by Gasteiger charge is -2.04. The van der Waals surface area contributed by atoms with Gasteiger partial charge >= 0.3 is 5.97 Å². The fourth-order valence-electron chi connectivity index (χ4n) is 1.04. The first-order valence-corrected chi connectivity index (χ1v) is 3.83. The Morgan fingerprint density at radius 3 is 2.60 bits per heavy atom. The molecule has 7 heteroatoms. The van der Waals surface area contributed by atoms with Gasteiger partial charge in [0, 0.05) is 6.20 Å². The molecule has 0 amide bonds. The maximum atomic E-state index is 13.2. The number of H-pyrrole nitrogens is 1. The van der Waals surface area contributed by atoms with Gasteiger partial charge in [0.1, 0.15) is 5.82 Å². The highest BCUT2D eigenvalue weighted by molar-refractivity contribution is 5.70. The van der Waals surface area contributed by atoms with Gasteiger partial charge in [-0.1, -0.05) is 0 Å². The molecule has 0 radical (unpaired) electrons. The van der Waals surface area contributed by atoms with Crippen LogP contribution in [0, 0.1) is 5.82 Å². The fraction of sp³-hybridized carbons (Fsp3) is 0.250. The molecule has 4 nitrogen and oxygen atoms in total. The first-order valence-electron chi connectivity index (χ1n) is 3.83. The molecule has 0 fully saturated rings. The number of alkyl halides is 2. The van der Waals surface area contributed by atoms with Crippen LogP contribution in [-0.4, -0.2) is 16.1 Å². The molecule has 1 heterocycles. The van der Waals surface area contributed by atoms with E-state index >= 15 is 0 Å². The number of pyridine rings is 1. The molecule has 0 bridgehead atoms. The first kappa shape index (κ1) is 11.3. The van der Waals surface area contributed by atoms with Crippen LogP contribution in [0.4, 0.5) is 13.2 Å². The van der Waals surface area contributed by atoms with Gasteiger partial charge in [-0.3, -0.25) is 9.59 Å². The molecular weight excluding hydrogens is 215 g/mol. The quantitative estimate of drug-likeness (QED) is 0.802. The summed E-state index contributed by atoms with van der Waals surface area (Å²) < 4.78 is 37.5. The van der Waals surface area contributed by atoms with E-state index in [0.29, 0.717) is 6.20 Å². The molecule has 82 valence electrons. The molecule has 0 aliphatic rings. The van der Waals surface area contributed by atoms with Crippen molar-refractivity contribution >= 4 is 5.97 Å². The summed E-state index contributed by atoms with van der Waals surface area (Å²) in [4.78, 5) is 23.1. The van der Waals surface area contributed by atoms with Gasteiger partial charge in [0.2, 0.25) is 0 Å². The number of rotatable bonds is 3. The average Bonchev–Trinajstić information content (AvgIpc) is 2.11. The van der Waals surface area contributed by atoms with Crippen molar-refractivity contribution < 1.29 is 23.1 Å². The van der Waals surface area contributed by atoms with E-state index < -0.39 is 41.3 Å². The number of hydrogen-bond acceptors (Lipinski definition) is 2. The van der Waals surface area contributed by atoms with Gasteiger partial charge in [0.25, 0.3) is 12.0 Å². The van der Waals surface area contributed by atoms with E-state index in [-0.39, 0.29) is 0 Å². The van der Waals surface area contributed by atoms with Crippen LogP contribution in [0.25, 0.3) is 0 Å². The Morgan fingerprint density at radius 1 is 1.53 bits per heavy atom. The zero-order chi connectivity index (χ0) is 11.6. The third-order valence-electron chi connectivity index (χ3n) is 1.71. The second kappa shape index (κ2) is 4.16. The number of hydrogen-bond donors (Lipinski definition) is 2. The zero-order valence-electron chi connectivity index (χ0n) is 7.26. The summed E-state index contributed by atoms with van der Waals surface area (Å²) in [7, 11) is 0. The number of aromatic amines is 1. The largest absolute Gasteiger partial charge is 0.481 e. The molecule has 1 aromatic rings. The Morgan fingerprint density at radius 2 is 2.13 bits per heavy atom. The van der Waals surface area contributed by atoms with Crippen molar-refractivity contribution in [1.82, 2.24) is 4.98 Å². The number of halogens is 3. The van der Waals surface area contributed by atoms with Gasteiger partial charge in [0.05, 0.1) is 17.5 Å². The summed E-state index contributed by atoms with van der Waals surface area (Å²) >= 11 is 0. The van der Waals surface area contributed by atoms with Crippen LogP contribution < -0.4 is 5.56 Å². The fourth-order valence-corrected chi connectivity index (χ4v) is 1.04. The van der Waals surface area contributed by atoms with Gasteiger partial charge in [0.15, 0.2) is 0 Å². The highest BCUT2D eigenvalue weighted by Crippen LogP contribution is 2.21. The standard InChI is InChI=1S/C8H6F3NO3/c9-6-3(1-5(13)14)8(15)12-2-4(6)7(10)11/h2,7H,1H2,(H,12,15)(H,13,14). The monoisotopic (exact) mass is 221 g/mol. The van der Waals surface area contributed by atoms with E-state index in [9.17, 15) is 22.8 Å². The molecule has 2 N–H and O–H groups in total. The molecule has 0 unspecified atom stereocenters. The van der Waals surface area contributed by atoms with Crippen molar-refractivity contribution in [3.8, 4) is 0 Å². The van der Waals surface area contributed by atoms with E-state index in [4.69, 9.17) is 5.11 Å². The number of aliphatic carboxylic acids is 1. The number of carboxylic acids is 1. The molecule has 0 aromatic carbocycles. The molecule has 0 aliphatic heterocycles. The minimum Gasteiger partial charge on any atom is -0.481 e. The Hall–Kier alpha value is -1.79. The van der Waals surface area contributed by atoms with Crippen molar-refractivity contribution in [3.05, 3.63) is 33.5 Å². The van der Waals surface area contributed by atoms with E-state index in [1.807, 2.05) is 4.98 Å². The normalized spacial score (nSPS) is 10.7. The zero-order valence-corrected chi connectivity index (χ0v) is 7.26. The Kier molecular flexibility index (Phi) is 3.13. The summed E-state index contributed by atoms with van der Waals surface area (Å²) in [6, 6.07) is 0. The summed E-state index contributed by atoms with van der Waals surface area (Å²) in [5, 5.41) is 8.34. The maximum absolute atomic E-state index is 13.2. The number of aromatic nitrogens is 1. The Balaban J connectivity index is 3.30. The third-order valence-corrected chi connectivity index (χ3v) is 1.71. The van der Waals surface area contributed by atoms with Crippen LogP contribution >= 0.6 is 0 Å². The van der Waals surface area contributed by atoms with Gasteiger partial charge in [-0.15, -0.1) is 0 Å². The lowest BCUT2D eigenvalue weighted by atomic mass is 10.1. The number of carbonyl (C=O) groups is 1. The summed E-state index contributed by atoms with van der Waals surface area (Å²) in [5.41, 5.74) is -2.81. The maximum Gasteiger partial charge on any atom is 0.308 e. The molecule has 1 rings (SSSR count). The van der Waals surface area contributed by atoms with Crippen LogP contribution in [0.3, 0.4) is 0 Å². The number of carboxylic acid groups (broad SMARTS) is 1. The van der Waals surface area contributed by atoms with Crippen molar-refractivity contribution in [2.45, 2.75) is 12.8 Å². The molecule has 15 heavy (non-hydrogen) atoms. The summed E-state index contributed by atoms with van der Waals surface area (Å²) in [6.07, 6.45) is -3.50. The lowest BCUT2D eigenvalue weighted by molar-refractivity contribution is -0.136. The first-order chi connectivity index (χ1) is 6.93.